The highest BCUT2D eigenvalue weighted by Gasteiger charge is 2.43. The number of hydrogen-bond donors (Lipinski definition) is 1. The van der Waals surface area contributed by atoms with E-state index in [2.05, 4.69) is 85.5 Å². The number of aryl methyl sites for hydroxylation is 1. The van der Waals surface area contributed by atoms with Crippen LogP contribution in [0.3, 0.4) is 0 Å². The Morgan fingerprint density at radius 2 is 1.62 bits per heavy atom. The molecule has 5 nitrogen and oxygen atoms in total. The highest BCUT2D eigenvalue weighted by atomic mass is 32.1. The van der Waals surface area contributed by atoms with Gasteiger partial charge in [-0.05, 0) is 113 Å². The number of thiophene rings is 1. The number of nitrogens with zero attached hydrogens (tertiary/aromatic N) is 1. The third-order valence-electron chi connectivity index (χ3n) is 11.1. The Labute approximate surface area is 283 Å². The number of carbonyl (C=O) groups excluding carboxylic acids is 2. The lowest BCUT2D eigenvalue weighted by atomic mass is 9.82. The molecular weight excluding hydrogens is 615 g/mol. The van der Waals surface area contributed by atoms with Gasteiger partial charge in [-0.3, -0.25) is 9.59 Å². The van der Waals surface area contributed by atoms with Crippen LogP contribution < -0.4 is 4.90 Å². The van der Waals surface area contributed by atoms with Gasteiger partial charge in [-0.15, -0.1) is 11.3 Å². The van der Waals surface area contributed by atoms with Gasteiger partial charge in [0.25, 0.3) is 0 Å². The molecule has 3 aliphatic carbocycles. The first kappa shape index (κ1) is 29.1. The maximum absolute atomic E-state index is 13.2. The predicted octanol–water partition coefficient (Wildman–Crippen LogP) is 9.98. The molecule has 0 bridgehead atoms. The van der Waals surface area contributed by atoms with E-state index in [0.717, 1.165) is 20.9 Å². The second kappa shape index (κ2) is 10.2. The van der Waals surface area contributed by atoms with Crippen LogP contribution in [0.1, 0.15) is 97.2 Å². The predicted molar refractivity (Wildman–Crippen MR) is 191 cm³/mol. The largest absolute Gasteiger partial charge is 0.478 e. The summed E-state index contributed by atoms with van der Waals surface area (Å²) >= 11 is 1.58. The number of rotatable bonds is 4. The minimum Gasteiger partial charge on any atom is -0.478 e. The molecule has 1 saturated carbocycles. The number of fused-ring (bicyclic) bond motifs is 7. The number of Topliss-reactive ketones (excluding diaryl/α,β-unsaturated/α-hetero) is 2. The molecule has 2 unspecified atom stereocenters. The summed E-state index contributed by atoms with van der Waals surface area (Å²) in [5.74, 6) is -1.43. The molecule has 2 atom stereocenters. The standard InChI is InChI=1S/C42H33NO4S/c1-22-17-38(48-37(22)21-32-39(44)29-14-11-24(41(46)47)19-31(29)40(32)45)23-12-16-36-30(18-23)28-8-6-10-35(28)43(36)25-13-15-27-26-7-4-5-9-33(26)42(2,3)34(27)20-25/h4-5,7,9,11-21,28,35H,6,8,10H2,1-3H3,(H,46,47)/b32-21+. The summed E-state index contributed by atoms with van der Waals surface area (Å²) in [6.07, 6.45) is 5.24. The van der Waals surface area contributed by atoms with Crippen LogP contribution in [0.5, 0.6) is 0 Å². The molecular formula is C42H33NO4S. The number of hydrogen-bond acceptors (Lipinski definition) is 5. The zero-order chi connectivity index (χ0) is 33.1. The maximum Gasteiger partial charge on any atom is 0.335 e. The van der Waals surface area contributed by atoms with Crippen LogP contribution in [-0.4, -0.2) is 28.7 Å². The van der Waals surface area contributed by atoms with Gasteiger partial charge in [0.15, 0.2) is 11.6 Å². The van der Waals surface area contributed by atoms with Gasteiger partial charge in [-0.25, -0.2) is 4.79 Å². The molecule has 4 aromatic carbocycles. The summed E-state index contributed by atoms with van der Waals surface area (Å²) in [4.78, 5) is 42.4. The van der Waals surface area contributed by atoms with Crippen molar-refractivity contribution in [2.24, 2.45) is 0 Å². The molecule has 236 valence electrons. The lowest BCUT2D eigenvalue weighted by Gasteiger charge is -2.29. The first-order chi connectivity index (χ1) is 23.1. The zero-order valence-corrected chi connectivity index (χ0v) is 27.8. The van der Waals surface area contributed by atoms with Crippen LogP contribution in [0, 0.1) is 6.92 Å². The summed E-state index contributed by atoms with van der Waals surface area (Å²) in [6, 6.07) is 29.4. The fourth-order valence-corrected chi connectivity index (χ4v) is 9.80. The fraction of sp³-hybridized carbons (Fsp3) is 0.214. The van der Waals surface area contributed by atoms with E-state index in [9.17, 15) is 19.5 Å². The van der Waals surface area contributed by atoms with Crippen LogP contribution in [0.25, 0.3) is 27.6 Å². The highest BCUT2D eigenvalue weighted by molar-refractivity contribution is 7.16. The van der Waals surface area contributed by atoms with Crippen molar-refractivity contribution >= 4 is 46.3 Å². The summed E-state index contributed by atoms with van der Waals surface area (Å²) in [5.41, 5.74) is 12.0. The van der Waals surface area contributed by atoms with Crippen LogP contribution in [0.4, 0.5) is 11.4 Å². The number of carboxylic acid groups (broad SMARTS) is 1. The molecule has 48 heavy (non-hydrogen) atoms. The Hall–Kier alpha value is -5.07. The fourth-order valence-electron chi connectivity index (χ4n) is 8.69. The summed E-state index contributed by atoms with van der Waals surface area (Å²) in [7, 11) is 0. The molecule has 0 radical (unpaired) electrons. The van der Waals surface area contributed by atoms with Gasteiger partial charge in [0.05, 0.1) is 11.1 Å². The van der Waals surface area contributed by atoms with Crippen molar-refractivity contribution < 1.29 is 19.5 Å². The van der Waals surface area contributed by atoms with Crippen LogP contribution in [0.2, 0.25) is 0 Å². The van der Waals surface area contributed by atoms with Crippen molar-refractivity contribution in [3.05, 3.63) is 134 Å². The lowest BCUT2D eigenvalue weighted by molar-refractivity contribution is 0.0696. The van der Waals surface area contributed by atoms with Crippen LogP contribution in [-0.2, 0) is 5.41 Å². The van der Waals surface area contributed by atoms with Crippen LogP contribution in [0.15, 0.2) is 90.5 Å². The van der Waals surface area contributed by atoms with E-state index in [1.165, 1.54) is 76.7 Å². The second-order valence-electron chi connectivity index (χ2n) is 14.1. The number of anilines is 2. The van der Waals surface area contributed by atoms with Gasteiger partial charge >= 0.3 is 5.97 Å². The molecule has 2 heterocycles. The third kappa shape index (κ3) is 4.05. The van der Waals surface area contributed by atoms with Gasteiger partial charge < -0.3 is 10.0 Å². The number of carbonyl (C=O) groups is 3. The van der Waals surface area contributed by atoms with Gasteiger partial charge in [0.1, 0.15) is 0 Å². The lowest BCUT2D eigenvalue weighted by Crippen LogP contribution is -2.27. The van der Waals surface area contributed by atoms with Crippen molar-refractivity contribution in [1.82, 2.24) is 0 Å². The summed E-state index contributed by atoms with van der Waals surface area (Å²) in [5, 5.41) is 9.37. The van der Waals surface area contributed by atoms with Gasteiger partial charge in [-0.1, -0.05) is 56.7 Å². The van der Waals surface area contributed by atoms with Gasteiger partial charge in [0, 0.05) is 49.6 Å². The van der Waals surface area contributed by atoms with E-state index >= 15 is 0 Å². The zero-order valence-electron chi connectivity index (χ0n) is 27.0. The van der Waals surface area contributed by atoms with Gasteiger partial charge in [-0.2, -0.15) is 0 Å². The average Bonchev–Trinajstić information content (AvgIpc) is 3.87. The van der Waals surface area contributed by atoms with E-state index in [0.29, 0.717) is 12.0 Å². The Balaban J connectivity index is 1.06. The molecule has 1 aliphatic heterocycles. The van der Waals surface area contributed by atoms with E-state index in [1.54, 1.807) is 17.4 Å². The normalized spacial score (nSPS) is 20.6. The molecule has 5 aromatic rings. The Bertz CT molecular complexity index is 2310. The number of carboxylic acids is 1. The summed E-state index contributed by atoms with van der Waals surface area (Å²) in [6.45, 7) is 6.68. The van der Waals surface area contributed by atoms with Crippen molar-refractivity contribution in [2.75, 3.05) is 4.90 Å². The molecule has 0 spiro atoms. The first-order valence-electron chi connectivity index (χ1n) is 16.6. The molecule has 6 heteroatoms. The smallest absolute Gasteiger partial charge is 0.335 e. The molecule has 0 saturated heterocycles. The van der Waals surface area contributed by atoms with E-state index in [-0.39, 0.29) is 33.5 Å². The summed E-state index contributed by atoms with van der Waals surface area (Å²) < 4.78 is 0. The minimum absolute atomic E-state index is 0.00370. The molecule has 0 amide bonds. The maximum atomic E-state index is 13.2. The molecule has 1 aromatic heterocycles. The average molecular weight is 648 g/mol. The third-order valence-corrected chi connectivity index (χ3v) is 12.3. The SMILES string of the molecule is Cc1cc(-c2ccc3c(c2)C2CCCC2N3c2ccc3c(c2)C(C)(C)c2ccccc2-3)sc1/C=C1\C(=O)c2ccc(C(=O)O)cc2C1=O. The van der Waals surface area contributed by atoms with Gasteiger partial charge in [0.2, 0.25) is 0 Å². The Morgan fingerprint density at radius 1 is 0.854 bits per heavy atom. The Kier molecular flexibility index (Phi) is 6.19. The van der Waals surface area contributed by atoms with E-state index < -0.39 is 11.8 Å². The molecule has 1 fully saturated rings. The highest BCUT2D eigenvalue weighted by Crippen LogP contribution is 2.55. The van der Waals surface area contributed by atoms with E-state index in [4.69, 9.17) is 0 Å². The molecule has 9 rings (SSSR count). The van der Waals surface area contributed by atoms with Crippen molar-refractivity contribution in [1.29, 1.82) is 0 Å². The van der Waals surface area contributed by atoms with Crippen molar-refractivity contribution in [3.8, 4) is 21.6 Å². The second-order valence-corrected chi connectivity index (χ2v) is 15.2. The topological polar surface area (TPSA) is 74.7 Å². The Morgan fingerprint density at radius 3 is 2.46 bits per heavy atom. The van der Waals surface area contributed by atoms with Crippen molar-refractivity contribution in [3.63, 3.8) is 0 Å². The minimum atomic E-state index is -1.13. The van der Waals surface area contributed by atoms with Crippen molar-refractivity contribution in [2.45, 2.75) is 57.4 Å². The number of allylic oxidation sites excluding steroid dienone is 1. The number of aromatic carboxylic acids is 1. The number of ketones is 2. The first-order valence-corrected chi connectivity index (χ1v) is 17.4. The monoisotopic (exact) mass is 647 g/mol. The van der Waals surface area contributed by atoms with Crippen LogP contribution >= 0.6 is 11.3 Å². The quantitative estimate of drug-likeness (QED) is 0.155. The molecule has 1 N–H and O–H groups in total. The van der Waals surface area contributed by atoms with E-state index in [1.807, 2.05) is 6.92 Å². The molecule has 4 aliphatic rings. The number of benzene rings is 4.